The molecular formula is C24H27ClN2O5. The number of halogens is 1. The molecule has 1 atom stereocenters. The maximum Gasteiger partial charge on any atom is 0.295 e. The first-order valence-electron chi connectivity index (χ1n) is 10.2. The standard InChI is InChI=1S/C24H27ClN2O5/c1-26(2)12-5-13-27-21(16-8-11-18(31-3)19(14-16)32-4)20(23(29)24(27)30)22(28)15-6-9-17(25)10-7-15/h6-11,14,21,28H,5,12-13H2,1-4H3/t21-/m1/s1. The Morgan fingerprint density at radius 2 is 1.72 bits per heavy atom. The average Bonchev–Trinajstić information content (AvgIpc) is 3.03. The number of aliphatic hydroxyl groups is 1. The Morgan fingerprint density at radius 3 is 2.31 bits per heavy atom. The van der Waals surface area contributed by atoms with Gasteiger partial charge in [-0.2, -0.15) is 0 Å². The molecule has 1 amide bonds. The van der Waals surface area contributed by atoms with Crippen molar-refractivity contribution in [2.45, 2.75) is 12.5 Å². The Bertz CT molecular complexity index is 1030. The number of Topliss-reactive ketones (excluding diaryl/α,β-unsaturated/α-hetero) is 1. The lowest BCUT2D eigenvalue weighted by atomic mass is 9.95. The number of methoxy groups -OCH3 is 2. The van der Waals surface area contributed by atoms with Gasteiger partial charge in [-0.15, -0.1) is 0 Å². The highest BCUT2D eigenvalue weighted by molar-refractivity contribution is 6.46. The molecule has 7 nitrogen and oxygen atoms in total. The Labute approximate surface area is 192 Å². The van der Waals surface area contributed by atoms with E-state index in [0.29, 0.717) is 40.6 Å². The van der Waals surface area contributed by atoms with Crippen molar-refractivity contribution in [3.8, 4) is 11.5 Å². The van der Waals surface area contributed by atoms with Crippen LogP contribution in [0.4, 0.5) is 0 Å². The number of amides is 1. The molecule has 1 saturated heterocycles. The summed E-state index contributed by atoms with van der Waals surface area (Å²) in [7, 11) is 6.94. The summed E-state index contributed by atoms with van der Waals surface area (Å²) in [6.07, 6.45) is 0.671. The van der Waals surface area contributed by atoms with E-state index in [4.69, 9.17) is 21.1 Å². The molecule has 2 aromatic carbocycles. The van der Waals surface area contributed by atoms with Gasteiger partial charge < -0.3 is 24.4 Å². The fourth-order valence-electron chi connectivity index (χ4n) is 3.80. The molecule has 8 heteroatoms. The third-order valence-corrected chi connectivity index (χ3v) is 5.64. The average molecular weight is 459 g/mol. The Hall–Kier alpha value is -3.03. The topological polar surface area (TPSA) is 79.3 Å². The van der Waals surface area contributed by atoms with Gasteiger partial charge in [-0.25, -0.2) is 0 Å². The van der Waals surface area contributed by atoms with Gasteiger partial charge in [0, 0.05) is 17.1 Å². The number of carbonyl (C=O) groups excluding carboxylic acids is 2. The Kier molecular flexibility index (Phi) is 7.43. The van der Waals surface area contributed by atoms with Crippen LogP contribution in [-0.2, 0) is 9.59 Å². The zero-order chi connectivity index (χ0) is 23.4. The van der Waals surface area contributed by atoms with Gasteiger partial charge in [0.2, 0.25) is 0 Å². The summed E-state index contributed by atoms with van der Waals surface area (Å²) in [6, 6.07) is 10.9. The quantitative estimate of drug-likeness (QED) is 0.369. The van der Waals surface area contributed by atoms with Crippen LogP contribution in [0.2, 0.25) is 5.02 Å². The number of ether oxygens (including phenoxy) is 2. The number of carbonyl (C=O) groups is 2. The molecule has 0 bridgehead atoms. The van der Waals surface area contributed by atoms with Crippen molar-refractivity contribution < 1.29 is 24.2 Å². The predicted octanol–water partition coefficient (Wildman–Crippen LogP) is 3.73. The van der Waals surface area contributed by atoms with E-state index in [0.717, 1.165) is 6.54 Å². The molecule has 0 radical (unpaired) electrons. The second-order valence-corrected chi connectivity index (χ2v) is 8.21. The lowest BCUT2D eigenvalue weighted by Gasteiger charge is -2.26. The summed E-state index contributed by atoms with van der Waals surface area (Å²) in [5.74, 6) is -0.607. The normalized spacial score (nSPS) is 17.8. The Balaban J connectivity index is 2.13. The maximum atomic E-state index is 13.1. The zero-order valence-corrected chi connectivity index (χ0v) is 19.3. The van der Waals surface area contributed by atoms with Crippen LogP contribution in [0, 0.1) is 0 Å². The number of hydrogen-bond donors (Lipinski definition) is 1. The monoisotopic (exact) mass is 458 g/mol. The zero-order valence-electron chi connectivity index (χ0n) is 18.6. The van der Waals surface area contributed by atoms with E-state index >= 15 is 0 Å². The molecule has 1 aliphatic rings. The first-order chi connectivity index (χ1) is 15.3. The maximum absolute atomic E-state index is 13.1. The highest BCUT2D eigenvalue weighted by atomic mass is 35.5. The van der Waals surface area contributed by atoms with Gasteiger partial charge in [0.25, 0.3) is 11.7 Å². The Morgan fingerprint density at radius 1 is 1.06 bits per heavy atom. The molecule has 0 spiro atoms. The third-order valence-electron chi connectivity index (χ3n) is 5.39. The van der Waals surface area contributed by atoms with Crippen LogP contribution < -0.4 is 9.47 Å². The van der Waals surface area contributed by atoms with Crippen LogP contribution in [0.25, 0.3) is 5.76 Å². The smallest absolute Gasteiger partial charge is 0.295 e. The van der Waals surface area contributed by atoms with Crippen molar-refractivity contribution in [3.63, 3.8) is 0 Å². The van der Waals surface area contributed by atoms with Gasteiger partial charge in [-0.3, -0.25) is 9.59 Å². The van der Waals surface area contributed by atoms with Gasteiger partial charge in [0.05, 0.1) is 25.8 Å². The number of rotatable bonds is 8. The first-order valence-corrected chi connectivity index (χ1v) is 10.6. The molecule has 32 heavy (non-hydrogen) atoms. The lowest BCUT2D eigenvalue weighted by molar-refractivity contribution is -0.139. The van der Waals surface area contributed by atoms with Crippen molar-refractivity contribution in [1.82, 2.24) is 9.80 Å². The molecule has 1 fully saturated rings. The molecule has 3 rings (SSSR count). The van der Waals surface area contributed by atoms with E-state index in [1.165, 1.54) is 19.1 Å². The van der Waals surface area contributed by atoms with Crippen molar-refractivity contribution in [3.05, 3.63) is 64.2 Å². The molecule has 1 heterocycles. The summed E-state index contributed by atoms with van der Waals surface area (Å²) in [4.78, 5) is 29.6. The molecule has 170 valence electrons. The molecular weight excluding hydrogens is 432 g/mol. The van der Waals surface area contributed by atoms with E-state index in [1.807, 2.05) is 19.0 Å². The summed E-state index contributed by atoms with van der Waals surface area (Å²) < 4.78 is 10.7. The number of nitrogens with zero attached hydrogens (tertiary/aromatic N) is 2. The highest BCUT2D eigenvalue weighted by Crippen LogP contribution is 2.42. The van der Waals surface area contributed by atoms with Gasteiger partial charge in [-0.05, 0) is 69.0 Å². The number of hydrogen-bond acceptors (Lipinski definition) is 6. The largest absolute Gasteiger partial charge is 0.507 e. The number of ketones is 1. The van der Waals surface area contributed by atoms with E-state index in [9.17, 15) is 14.7 Å². The first kappa shape index (κ1) is 23.6. The van der Waals surface area contributed by atoms with Crippen LogP contribution >= 0.6 is 11.6 Å². The van der Waals surface area contributed by atoms with Gasteiger partial charge in [0.1, 0.15) is 5.76 Å². The molecule has 0 unspecified atom stereocenters. The SMILES string of the molecule is COc1ccc([C@@H]2C(=C(O)c3ccc(Cl)cc3)C(=O)C(=O)N2CCCN(C)C)cc1OC. The van der Waals surface area contributed by atoms with Crippen molar-refractivity contribution in [2.75, 3.05) is 41.4 Å². The van der Waals surface area contributed by atoms with E-state index in [-0.39, 0.29) is 11.3 Å². The summed E-state index contributed by atoms with van der Waals surface area (Å²) in [6.45, 7) is 1.11. The lowest BCUT2D eigenvalue weighted by Crippen LogP contribution is -2.32. The van der Waals surface area contributed by atoms with Crippen molar-refractivity contribution in [2.24, 2.45) is 0 Å². The minimum atomic E-state index is -0.757. The minimum Gasteiger partial charge on any atom is -0.507 e. The molecule has 2 aromatic rings. The van der Waals surface area contributed by atoms with Crippen LogP contribution in [0.15, 0.2) is 48.0 Å². The van der Waals surface area contributed by atoms with Gasteiger partial charge in [0.15, 0.2) is 11.5 Å². The third kappa shape index (κ3) is 4.74. The summed E-state index contributed by atoms with van der Waals surface area (Å²) in [5.41, 5.74) is 1.09. The molecule has 0 aromatic heterocycles. The molecule has 1 aliphatic heterocycles. The van der Waals surface area contributed by atoms with E-state index in [1.54, 1.807) is 42.5 Å². The number of benzene rings is 2. The van der Waals surface area contributed by atoms with Crippen LogP contribution in [0.5, 0.6) is 11.5 Å². The van der Waals surface area contributed by atoms with Gasteiger partial charge in [-0.1, -0.05) is 17.7 Å². The summed E-state index contributed by atoms with van der Waals surface area (Å²) >= 11 is 5.96. The molecule has 0 aliphatic carbocycles. The van der Waals surface area contributed by atoms with Crippen LogP contribution in [0.3, 0.4) is 0 Å². The fraction of sp³-hybridized carbons (Fsp3) is 0.333. The predicted molar refractivity (Wildman–Crippen MR) is 123 cm³/mol. The minimum absolute atomic E-state index is 0.0365. The van der Waals surface area contributed by atoms with Crippen LogP contribution in [-0.4, -0.2) is 68.0 Å². The molecule has 1 N–H and O–H groups in total. The van der Waals surface area contributed by atoms with E-state index < -0.39 is 17.7 Å². The highest BCUT2D eigenvalue weighted by Gasteiger charge is 2.46. The van der Waals surface area contributed by atoms with Crippen molar-refractivity contribution in [1.29, 1.82) is 0 Å². The number of aliphatic hydroxyl groups excluding tert-OH is 1. The summed E-state index contributed by atoms with van der Waals surface area (Å²) in [5, 5.41) is 11.6. The van der Waals surface area contributed by atoms with Crippen molar-refractivity contribution >= 4 is 29.1 Å². The van der Waals surface area contributed by atoms with Crippen LogP contribution in [0.1, 0.15) is 23.6 Å². The fourth-order valence-corrected chi connectivity index (χ4v) is 3.93. The number of likely N-dealkylation sites (tertiary alicyclic amines) is 1. The molecule has 0 saturated carbocycles. The van der Waals surface area contributed by atoms with E-state index in [2.05, 4.69) is 0 Å². The second kappa shape index (κ2) is 10.1. The van der Waals surface area contributed by atoms with Gasteiger partial charge >= 0.3 is 0 Å². The second-order valence-electron chi connectivity index (χ2n) is 7.77.